The monoisotopic (exact) mass is 347 g/mol. The largest absolute Gasteiger partial charge is 0.351 e. The van der Waals surface area contributed by atoms with Crippen LogP contribution in [0.15, 0.2) is 28.8 Å². The van der Waals surface area contributed by atoms with Gasteiger partial charge in [-0.2, -0.15) is 4.98 Å². The van der Waals surface area contributed by atoms with Gasteiger partial charge in [-0.25, -0.2) is 4.39 Å². The number of likely N-dealkylation sites (N-methyl/N-ethyl adjacent to an activating group) is 1. The van der Waals surface area contributed by atoms with Crippen molar-refractivity contribution >= 4 is 5.91 Å². The van der Waals surface area contributed by atoms with E-state index >= 15 is 0 Å². The topological polar surface area (TPSA) is 74.5 Å². The number of rotatable bonds is 5. The summed E-state index contributed by atoms with van der Waals surface area (Å²) < 4.78 is 18.9. The van der Waals surface area contributed by atoms with Crippen LogP contribution in [0.1, 0.15) is 23.3 Å². The van der Waals surface area contributed by atoms with Gasteiger partial charge in [-0.15, -0.1) is 0 Å². The summed E-state index contributed by atoms with van der Waals surface area (Å²) in [5, 5.41) is 6.61. The molecule has 1 amide bonds. The van der Waals surface area contributed by atoms with Crippen LogP contribution in [0.4, 0.5) is 4.39 Å². The Balaban J connectivity index is 1.53. The molecule has 1 aliphatic heterocycles. The molecule has 134 valence electrons. The lowest BCUT2D eigenvalue weighted by atomic mass is 10.1. The van der Waals surface area contributed by atoms with Crippen molar-refractivity contribution in [3.05, 3.63) is 47.4 Å². The minimum Gasteiger partial charge on any atom is -0.351 e. The number of amides is 1. The Hall–Kier alpha value is -2.32. The standard InChI is InChI=1S/C17H22FN5O2/c1-12-20-17(25-21-12)15-10-23(8-7-22(15)2)11-16(24)19-9-13-5-3-4-6-14(13)18/h3-6,15H,7-11H2,1-2H3,(H,19,24)/t15-/m0/s1. The van der Waals surface area contributed by atoms with Crippen LogP contribution < -0.4 is 5.32 Å². The van der Waals surface area contributed by atoms with Crippen LogP contribution in [-0.4, -0.2) is 59.1 Å². The van der Waals surface area contributed by atoms with Gasteiger partial charge in [0.15, 0.2) is 5.82 Å². The summed E-state index contributed by atoms with van der Waals surface area (Å²) in [6.45, 7) is 4.42. The van der Waals surface area contributed by atoms with E-state index in [9.17, 15) is 9.18 Å². The molecule has 1 atom stereocenters. The van der Waals surface area contributed by atoms with E-state index in [1.165, 1.54) is 6.07 Å². The fraction of sp³-hybridized carbons (Fsp3) is 0.471. The number of carbonyl (C=O) groups is 1. The number of aromatic nitrogens is 2. The number of hydrogen-bond acceptors (Lipinski definition) is 6. The van der Waals surface area contributed by atoms with Crippen LogP contribution in [-0.2, 0) is 11.3 Å². The zero-order valence-electron chi connectivity index (χ0n) is 14.4. The maximum Gasteiger partial charge on any atom is 0.245 e. The van der Waals surface area contributed by atoms with E-state index in [-0.39, 0.29) is 30.9 Å². The maximum atomic E-state index is 13.6. The Kier molecular flexibility index (Phi) is 5.40. The lowest BCUT2D eigenvalue weighted by molar-refractivity contribution is -0.123. The van der Waals surface area contributed by atoms with E-state index < -0.39 is 0 Å². The van der Waals surface area contributed by atoms with E-state index in [1.807, 2.05) is 11.9 Å². The lowest BCUT2D eigenvalue weighted by Crippen LogP contribution is -2.49. The third-order valence-corrected chi connectivity index (χ3v) is 4.36. The van der Waals surface area contributed by atoms with Crippen molar-refractivity contribution in [1.82, 2.24) is 25.3 Å². The zero-order valence-corrected chi connectivity index (χ0v) is 14.4. The van der Waals surface area contributed by atoms with Gasteiger partial charge in [0.1, 0.15) is 11.9 Å². The fourth-order valence-electron chi connectivity index (χ4n) is 2.88. The molecule has 0 saturated carbocycles. The Bertz CT molecular complexity index is 735. The van der Waals surface area contributed by atoms with Crippen LogP contribution >= 0.6 is 0 Å². The fourth-order valence-corrected chi connectivity index (χ4v) is 2.88. The minimum atomic E-state index is -0.311. The van der Waals surface area contributed by atoms with Gasteiger partial charge in [0.25, 0.3) is 0 Å². The van der Waals surface area contributed by atoms with Crippen molar-refractivity contribution in [1.29, 1.82) is 0 Å². The highest BCUT2D eigenvalue weighted by molar-refractivity contribution is 5.78. The first-order valence-corrected chi connectivity index (χ1v) is 8.26. The molecule has 0 radical (unpaired) electrons. The SMILES string of the molecule is Cc1noc([C@@H]2CN(CC(=O)NCc3ccccc3F)CCN2C)n1. The van der Waals surface area contributed by atoms with Crippen LogP contribution in [0.25, 0.3) is 0 Å². The molecule has 7 nitrogen and oxygen atoms in total. The smallest absolute Gasteiger partial charge is 0.245 e. The average Bonchev–Trinajstić information content (AvgIpc) is 3.02. The highest BCUT2D eigenvalue weighted by atomic mass is 19.1. The summed E-state index contributed by atoms with van der Waals surface area (Å²) in [7, 11) is 2.00. The molecule has 2 heterocycles. The van der Waals surface area contributed by atoms with Crippen molar-refractivity contribution in [3.63, 3.8) is 0 Å². The first-order valence-electron chi connectivity index (χ1n) is 8.26. The number of carbonyl (C=O) groups excluding carboxylic acids is 1. The number of hydrogen-bond donors (Lipinski definition) is 1. The van der Waals surface area contributed by atoms with Gasteiger partial charge in [0.05, 0.1) is 6.54 Å². The first kappa shape index (κ1) is 17.5. The summed E-state index contributed by atoms with van der Waals surface area (Å²) in [5.74, 6) is 0.724. The van der Waals surface area contributed by atoms with Gasteiger partial charge < -0.3 is 9.84 Å². The van der Waals surface area contributed by atoms with E-state index in [4.69, 9.17) is 4.52 Å². The zero-order chi connectivity index (χ0) is 17.8. The predicted octanol–water partition coefficient (Wildman–Crippen LogP) is 1.12. The van der Waals surface area contributed by atoms with Crippen molar-refractivity contribution in [2.24, 2.45) is 0 Å². The number of aryl methyl sites for hydroxylation is 1. The minimum absolute atomic E-state index is 0.0330. The Labute approximate surface area is 145 Å². The van der Waals surface area contributed by atoms with Gasteiger partial charge in [-0.3, -0.25) is 14.6 Å². The van der Waals surface area contributed by atoms with Crippen molar-refractivity contribution < 1.29 is 13.7 Å². The molecule has 1 aliphatic rings. The number of piperazine rings is 1. The quantitative estimate of drug-likeness (QED) is 0.874. The second-order valence-electron chi connectivity index (χ2n) is 6.28. The molecule has 0 bridgehead atoms. The van der Waals surface area contributed by atoms with Crippen LogP contribution in [0.5, 0.6) is 0 Å². The van der Waals surface area contributed by atoms with Crippen LogP contribution in [0.3, 0.4) is 0 Å². The van der Waals surface area contributed by atoms with Crippen LogP contribution in [0, 0.1) is 12.7 Å². The third-order valence-electron chi connectivity index (χ3n) is 4.36. The molecule has 0 aliphatic carbocycles. The molecule has 3 rings (SSSR count). The molecule has 0 spiro atoms. The second kappa shape index (κ2) is 7.71. The first-order chi connectivity index (χ1) is 12.0. The number of nitrogens with zero attached hydrogens (tertiary/aromatic N) is 4. The van der Waals surface area contributed by atoms with Crippen LogP contribution in [0.2, 0.25) is 0 Å². The van der Waals surface area contributed by atoms with E-state index in [2.05, 4.69) is 20.4 Å². The molecule has 1 aromatic carbocycles. The summed E-state index contributed by atoms with van der Waals surface area (Å²) in [6.07, 6.45) is 0. The molecule has 2 aromatic rings. The molecular formula is C17H22FN5O2. The van der Waals surface area contributed by atoms with Gasteiger partial charge in [0, 0.05) is 31.7 Å². The Morgan fingerprint density at radius 3 is 2.92 bits per heavy atom. The molecule has 8 heteroatoms. The van der Waals surface area contributed by atoms with Crippen molar-refractivity contribution in [3.8, 4) is 0 Å². The molecule has 25 heavy (non-hydrogen) atoms. The second-order valence-corrected chi connectivity index (χ2v) is 6.28. The predicted molar refractivity (Wildman–Crippen MR) is 89.1 cm³/mol. The normalized spacial score (nSPS) is 19.1. The highest BCUT2D eigenvalue weighted by Gasteiger charge is 2.30. The molecule has 1 N–H and O–H groups in total. The maximum absolute atomic E-state index is 13.6. The lowest BCUT2D eigenvalue weighted by Gasteiger charge is -2.37. The van der Waals surface area contributed by atoms with Crippen molar-refractivity contribution in [2.45, 2.75) is 19.5 Å². The van der Waals surface area contributed by atoms with E-state index in [0.29, 0.717) is 23.8 Å². The Morgan fingerprint density at radius 2 is 2.20 bits per heavy atom. The van der Waals surface area contributed by atoms with Gasteiger partial charge in [-0.1, -0.05) is 23.4 Å². The van der Waals surface area contributed by atoms with Gasteiger partial charge in [-0.05, 0) is 20.0 Å². The molecule has 1 aromatic heterocycles. The van der Waals surface area contributed by atoms with E-state index in [1.54, 1.807) is 25.1 Å². The molecular weight excluding hydrogens is 325 g/mol. The summed E-state index contributed by atoms with van der Waals surface area (Å²) >= 11 is 0. The van der Waals surface area contributed by atoms with Gasteiger partial charge in [0.2, 0.25) is 11.8 Å². The molecule has 1 saturated heterocycles. The number of halogens is 1. The Morgan fingerprint density at radius 1 is 1.40 bits per heavy atom. The number of nitrogens with one attached hydrogen (secondary N) is 1. The van der Waals surface area contributed by atoms with Gasteiger partial charge >= 0.3 is 0 Å². The molecule has 0 unspecified atom stereocenters. The van der Waals surface area contributed by atoms with E-state index in [0.717, 1.165) is 13.1 Å². The summed E-state index contributed by atoms with van der Waals surface area (Å²) in [6, 6.07) is 6.40. The summed E-state index contributed by atoms with van der Waals surface area (Å²) in [4.78, 5) is 20.7. The van der Waals surface area contributed by atoms with Crippen molar-refractivity contribution in [2.75, 3.05) is 33.2 Å². The highest BCUT2D eigenvalue weighted by Crippen LogP contribution is 2.22. The molecule has 1 fully saturated rings. The third kappa shape index (κ3) is 4.40. The number of benzene rings is 1. The average molecular weight is 347 g/mol. The summed E-state index contributed by atoms with van der Waals surface area (Å²) in [5.41, 5.74) is 0.480.